The molecule has 0 bridgehead atoms. The molecule has 0 saturated heterocycles. The molecule has 15 heavy (non-hydrogen) atoms. The van der Waals surface area contributed by atoms with Crippen LogP contribution in [0.1, 0.15) is 39.0 Å². The first-order valence-electron chi connectivity index (χ1n) is 6.47. The van der Waals surface area contributed by atoms with E-state index in [0.29, 0.717) is 18.9 Å². The van der Waals surface area contributed by atoms with Crippen molar-refractivity contribution in [3.8, 4) is 0 Å². The largest absolute Gasteiger partial charge is 0.466 e. The highest BCUT2D eigenvalue weighted by Gasteiger charge is 2.59. The number of rotatable bonds is 3. The van der Waals surface area contributed by atoms with Gasteiger partial charge in [0.15, 0.2) is 0 Å². The molecular formula is C13H20O2. The number of hydrogen-bond acceptors (Lipinski definition) is 2. The Kier molecular flexibility index (Phi) is 2.26. The molecule has 3 aliphatic carbocycles. The SMILES string of the molecule is CCOC(=O)CC1[C@H]2CCC3CC[C@@H]1C32. The maximum absolute atomic E-state index is 11.5. The van der Waals surface area contributed by atoms with Crippen LogP contribution in [0.25, 0.3) is 0 Å². The van der Waals surface area contributed by atoms with E-state index < -0.39 is 0 Å². The predicted octanol–water partition coefficient (Wildman–Crippen LogP) is 2.62. The number of esters is 1. The Labute approximate surface area is 91.4 Å². The average Bonchev–Trinajstić information content (AvgIpc) is 2.67. The van der Waals surface area contributed by atoms with Crippen LogP contribution in [-0.2, 0) is 9.53 Å². The van der Waals surface area contributed by atoms with Crippen molar-refractivity contribution in [2.75, 3.05) is 6.61 Å². The minimum Gasteiger partial charge on any atom is -0.466 e. The lowest BCUT2D eigenvalue weighted by molar-refractivity contribution is -0.148. The quantitative estimate of drug-likeness (QED) is 0.666. The summed E-state index contributed by atoms with van der Waals surface area (Å²) in [4.78, 5) is 11.5. The third-order valence-corrected chi connectivity index (χ3v) is 5.08. The number of hydrogen-bond donors (Lipinski definition) is 0. The van der Waals surface area contributed by atoms with Crippen molar-refractivity contribution < 1.29 is 9.53 Å². The van der Waals surface area contributed by atoms with Crippen molar-refractivity contribution in [2.45, 2.75) is 39.0 Å². The highest BCUT2D eigenvalue weighted by atomic mass is 16.5. The van der Waals surface area contributed by atoms with Gasteiger partial charge in [-0.15, -0.1) is 0 Å². The maximum atomic E-state index is 11.5. The summed E-state index contributed by atoms with van der Waals surface area (Å²) >= 11 is 0. The Balaban J connectivity index is 1.62. The average molecular weight is 208 g/mol. The molecule has 3 fully saturated rings. The van der Waals surface area contributed by atoms with Crippen LogP contribution >= 0.6 is 0 Å². The van der Waals surface area contributed by atoms with Gasteiger partial charge in [-0.1, -0.05) is 0 Å². The van der Waals surface area contributed by atoms with Crippen LogP contribution in [0.3, 0.4) is 0 Å². The van der Waals surface area contributed by atoms with Crippen LogP contribution < -0.4 is 0 Å². The van der Waals surface area contributed by atoms with Gasteiger partial charge in [0.1, 0.15) is 0 Å². The lowest BCUT2D eigenvalue weighted by Crippen LogP contribution is -2.43. The highest BCUT2D eigenvalue weighted by Crippen LogP contribution is 2.65. The summed E-state index contributed by atoms with van der Waals surface area (Å²) in [5.74, 6) is 4.51. The zero-order valence-electron chi connectivity index (χ0n) is 9.45. The van der Waals surface area contributed by atoms with E-state index in [0.717, 1.165) is 23.7 Å². The second kappa shape index (κ2) is 3.50. The summed E-state index contributed by atoms with van der Waals surface area (Å²) < 4.78 is 5.06. The van der Waals surface area contributed by atoms with Gasteiger partial charge in [0.25, 0.3) is 0 Å². The van der Waals surface area contributed by atoms with Crippen LogP contribution in [0.4, 0.5) is 0 Å². The fraction of sp³-hybridized carbons (Fsp3) is 0.923. The zero-order chi connectivity index (χ0) is 10.4. The van der Waals surface area contributed by atoms with Crippen molar-refractivity contribution in [3.63, 3.8) is 0 Å². The summed E-state index contributed by atoms with van der Waals surface area (Å²) in [6, 6.07) is 0. The van der Waals surface area contributed by atoms with E-state index in [1.54, 1.807) is 0 Å². The Bertz CT molecular complexity index is 258. The summed E-state index contributed by atoms with van der Waals surface area (Å²) in [6.45, 7) is 2.43. The second-order valence-corrected chi connectivity index (χ2v) is 5.49. The van der Waals surface area contributed by atoms with Crippen molar-refractivity contribution in [1.82, 2.24) is 0 Å². The second-order valence-electron chi connectivity index (χ2n) is 5.49. The fourth-order valence-electron chi connectivity index (χ4n) is 4.63. The van der Waals surface area contributed by atoms with Crippen molar-refractivity contribution in [2.24, 2.45) is 29.6 Å². The molecule has 0 spiro atoms. The van der Waals surface area contributed by atoms with Crippen molar-refractivity contribution in [1.29, 1.82) is 0 Å². The van der Waals surface area contributed by atoms with E-state index in [9.17, 15) is 4.79 Å². The first-order chi connectivity index (χ1) is 7.31. The molecule has 0 aliphatic heterocycles. The van der Waals surface area contributed by atoms with Gasteiger partial charge in [0, 0.05) is 6.42 Å². The molecule has 0 N–H and O–H groups in total. The summed E-state index contributed by atoms with van der Waals surface area (Å²) in [5.41, 5.74) is 0. The van der Waals surface area contributed by atoms with Crippen LogP contribution in [0, 0.1) is 29.6 Å². The molecule has 2 nitrogen and oxygen atoms in total. The van der Waals surface area contributed by atoms with Crippen LogP contribution in [0.15, 0.2) is 0 Å². The number of carbonyl (C=O) groups is 1. The van der Waals surface area contributed by atoms with Gasteiger partial charge in [-0.2, -0.15) is 0 Å². The van der Waals surface area contributed by atoms with Crippen molar-refractivity contribution >= 4 is 5.97 Å². The first kappa shape index (κ1) is 9.68. The van der Waals surface area contributed by atoms with Crippen molar-refractivity contribution in [3.05, 3.63) is 0 Å². The van der Waals surface area contributed by atoms with Gasteiger partial charge in [-0.3, -0.25) is 4.79 Å². The summed E-state index contributed by atoms with van der Waals surface area (Å²) in [5, 5.41) is 0. The molecule has 0 radical (unpaired) electrons. The Morgan fingerprint density at radius 1 is 1.20 bits per heavy atom. The number of carbonyl (C=O) groups excluding carboxylic acids is 1. The molecule has 0 heterocycles. The zero-order valence-corrected chi connectivity index (χ0v) is 9.45. The Hall–Kier alpha value is -0.530. The molecule has 0 aromatic carbocycles. The van der Waals surface area contributed by atoms with E-state index >= 15 is 0 Å². The molecule has 5 atom stereocenters. The monoisotopic (exact) mass is 208 g/mol. The van der Waals surface area contributed by atoms with Gasteiger partial charge in [-0.05, 0) is 62.2 Å². The molecule has 3 aliphatic rings. The third-order valence-electron chi connectivity index (χ3n) is 5.08. The van der Waals surface area contributed by atoms with Gasteiger partial charge >= 0.3 is 5.97 Å². The Morgan fingerprint density at radius 3 is 2.47 bits per heavy atom. The normalized spacial score (nSPS) is 46.1. The van der Waals surface area contributed by atoms with Gasteiger partial charge in [-0.25, -0.2) is 0 Å². The minimum absolute atomic E-state index is 0.0382. The molecule has 3 saturated carbocycles. The smallest absolute Gasteiger partial charge is 0.306 e. The summed E-state index contributed by atoms with van der Waals surface area (Å²) in [7, 11) is 0. The molecule has 0 amide bonds. The topological polar surface area (TPSA) is 26.3 Å². The molecule has 0 aromatic heterocycles. The van der Waals surface area contributed by atoms with Crippen LogP contribution in [-0.4, -0.2) is 12.6 Å². The van der Waals surface area contributed by atoms with Crippen LogP contribution in [0.2, 0.25) is 0 Å². The standard InChI is InChI=1S/C13H20O2/c1-2-15-12(14)7-11-9-5-3-8-4-6-10(11)13(8)9/h8-11,13H,2-7H2,1H3/t8?,9-,10+,11?,13?. The van der Waals surface area contributed by atoms with E-state index in [-0.39, 0.29) is 5.97 Å². The van der Waals surface area contributed by atoms with E-state index in [1.165, 1.54) is 25.7 Å². The fourth-order valence-corrected chi connectivity index (χ4v) is 4.63. The molecule has 3 unspecified atom stereocenters. The van der Waals surface area contributed by atoms with E-state index in [4.69, 9.17) is 4.74 Å². The molecule has 3 rings (SSSR count). The van der Waals surface area contributed by atoms with E-state index in [2.05, 4.69) is 0 Å². The third kappa shape index (κ3) is 1.33. The number of ether oxygens (including phenoxy) is 1. The lowest BCUT2D eigenvalue weighted by atomic mass is 9.58. The molecular weight excluding hydrogens is 188 g/mol. The summed E-state index contributed by atoms with van der Waals surface area (Å²) in [6.07, 6.45) is 6.34. The Morgan fingerprint density at radius 2 is 1.87 bits per heavy atom. The minimum atomic E-state index is 0.0382. The molecule has 0 aromatic rings. The molecule has 84 valence electrons. The maximum Gasteiger partial charge on any atom is 0.306 e. The van der Waals surface area contributed by atoms with Gasteiger partial charge in [0.05, 0.1) is 6.61 Å². The first-order valence-corrected chi connectivity index (χ1v) is 6.47. The van der Waals surface area contributed by atoms with Crippen LogP contribution in [0.5, 0.6) is 0 Å². The molecule has 2 heteroatoms. The highest BCUT2D eigenvalue weighted by molar-refractivity contribution is 5.70. The van der Waals surface area contributed by atoms with Gasteiger partial charge in [0.2, 0.25) is 0 Å². The van der Waals surface area contributed by atoms with Gasteiger partial charge < -0.3 is 4.74 Å². The lowest BCUT2D eigenvalue weighted by Gasteiger charge is -2.47. The van der Waals surface area contributed by atoms with E-state index in [1.807, 2.05) is 6.92 Å². The predicted molar refractivity (Wildman–Crippen MR) is 57.2 cm³/mol.